The number of carbonyl (C=O) groups is 1. The van der Waals surface area contributed by atoms with E-state index in [1.165, 1.54) is 11.8 Å². The quantitative estimate of drug-likeness (QED) is 0.800. The summed E-state index contributed by atoms with van der Waals surface area (Å²) in [6.07, 6.45) is 1.61. The lowest BCUT2D eigenvalue weighted by atomic mass is 10.1. The average molecular weight is 343 g/mol. The van der Waals surface area contributed by atoms with Gasteiger partial charge in [-0.2, -0.15) is 0 Å². The van der Waals surface area contributed by atoms with Crippen LogP contribution in [0, 0.1) is 12.8 Å². The molecule has 1 atom stereocenters. The molecule has 1 aliphatic rings. The van der Waals surface area contributed by atoms with Gasteiger partial charge in [0.15, 0.2) is 5.16 Å². The summed E-state index contributed by atoms with van der Waals surface area (Å²) in [5, 5.41) is 0.709. The lowest BCUT2D eigenvalue weighted by molar-refractivity contribution is -0.135. The Morgan fingerprint density at radius 2 is 2.12 bits per heavy atom. The SMILES string of the molecule is CCN(Cc1ccccc1)C(=O)C1CSc2ncc(C)c(=O)n2C1. The number of nitrogens with zero attached hydrogens (tertiary/aromatic N) is 3. The summed E-state index contributed by atoms with van der Waals surface area (Å²) >= 11 is 1.49. The van der Waals surface area contributed by atoms with E-state index in [1.807, 2.05) is 42.2 Å². The van der Waals surface area contributed by atoms with Gasteiger partial charge in [0, 0.05) is 37.1 Å². The molecule has 2 aromatic rings. The first-order valence-electron chi connectivity index (χ1n) is 8.12. The third-order valence-corrected chi connectivity index (χ3v) is 5.41. The average Bonchev–Trinajstić information content (AvgIpc) is 2.63. The second-order valence-corrected chi connectivity index (χ2v) is 6.97. The van der Waals surface area contributed by atoms with E-state index in [9.17, 15) is 9.59 Å². The molecule has 0 saturated carbocycles. The summed E-state index contributed by atoms with van der Waals surface area (Å²) < 4.78 is 1.64. The van der Waals surface area contributed by atoms with E-state index >= 15 is 0 Å². The van der Waals surface area contributed by atoms with Gasteiger partial charge in [-0.1, -0.05) is 42.1 Å². The fourth-order valence-electron chi connectivity index (χ4n) is 2.86. The Hall–Kier alpha value is -2.08. The summed E-state index contributed by atoms with van der Waals surface area (Å²) in [5.74, 6) is 0.583. The molecule has 6 heteroatoms. The number of fused-ring (bicyclic) bond motifs is 1. The minimum absolute atomic E-state index is 0.0453. The molecule has 5 nitrogen and oxygen atoms in total. The predicted molar refractivity (Wildman–Crippen MR) is 95.0 cm³/mol. The fourth-order valence-corrected chi connectivity index (χ4v) is 3.90. The third kappa shape index (κ3) is 3.38. The summed E-state index contributed by atoms with van der Waals surface area (Å²) in [6.45, 7) is 5.42. The smallest absolute Gasteiger partial charge is 0.257 e. The zero-order valence-corrected chi connectivity index (χ0v) is 14.8. The normalized spacial score (nSPS) is 16.5. The van der Waals surface area contributed by atoms with Crippen LogP contribution < -0.4 is 5.56 Å². The molecule has 126 valence electrons. The molecule has 1 aromatic carbocycles. The number of benzene rings is 1. The Labute approximate surface area is 145 Å². The van der Waals surface area contributed by atoms with Crippen LogP contribution in [0.4, 0.5) is 0 Å². The second-order valence-electron chi connectivity index (χ2n) is 5.99. The van der Waals surface area contributed by atoms with Crippen molar-refractivity contribution in [1.82, 2.24) is 14.5 Å². The van der Waals surface area contributed by atoms with Crippen molar-refractivity contribution in [3.8, 4) is 0 Å². The monoisotopic (exact) mass is 343 g/mol. The molecule has 2 heterocycles. The Bertz CT molecular complexity index is 789. The van der Waals surface area contributed by atoms with E-state index in [4.69, 9.17) is 0 Å². The van der Waals surface area contributed by atoms with Crippen molar-refractivity contribution in [1.29, 1.82) is 0 Å². The van der Waals surface area contributed by atoms with Crippen molar-refractivity contribution in [3.63, 3.8) is 0 Å². The van der Waals surface area contributed by atoms with Gasteiger partial charge in [-0.25, -0.2) is 4.98 Å². The van der Waals surface area contributed by atoms with Gasteiger partial charge in [-0.3, -0.25) is 14.2 Å². The van der Waals surface area contributed by atoms with Crippen LogP contribution in [0.5, 0.6) is 0 Å². The van der Waals surface area contributed by atoms with Crippen LogP contribution in [0.3, 0.4) is 0 Å². The molecule has 1 aromatic heterocycles. The number of hydrogen-bond donors (Lipinski definition) is 0. The van der Waals surface area contributed by atoms with Gasteiger partial charge in [-0.05, 0) is 19.4 Å². The molecule has 0 N–H and O–H groups in total. The lowest BCUT2D eigenvalue weighted by Crippen LogP contribution is -2.42. The van der Waals surface area contributed by atoms with E-state index in [-0.39, 0.29) is 17.4 Å². The maximum absolute atomic E-state index is 12.9. The number of thioether (sulfide) groups is 1. The summed E-state index contributed by atoms with van der Waals surface area (Å²) in [5.41, 5.74) is 1.69. The molecule has 1 amide bonds. The molecule has 0 radical (unpaired) electrons. The van der Waals surface area contributed by atoms with Crippen molar-refractivity contribution in [2.24, 2.45) is 5.92 Å². The number of hydrogen-bond acceptors (Lipinski definition) is 4. The third-order valence-electron chi connectivity index (χ3n) is 4.26. The van der Waals surface area contributed by atoms with Crippen LogP contribution in [0.2, 0.25) is 0 Å². The number of amides is 1. The summed E-state index contributed by atoms with van der Waals surface area (Å²) in [6, 6.07) is 9.98. The standard InChI is InChI=1S/C18H21N3O2S/c1-3-20(10-14-7-5-4-6-8-14)17(23)15-11-21-16(22)13(2)9-19-18(21)24-12-15/h4-9,15H,3,10-12H2,1-2H3. The molecule has 0 bridgehead atoms. The number of aryl methyl sites for hydroxylation is 1. The maximum Gasteiger partial charge on any atom is 0.257 e. The van der Waals surface area contributed by atoms with Crippen molar-refractivity contribution in [3.05, 3.63) is 58.0 Å². The molecule has 0 spiro atoms. The number of rotatable bonds is 4. The summed E-state index contributed by atoms with van der Waals surface area (Å²) in [4.78, 5) is 31.4. The van der Waals surface area contributed by atoms with Gasteiger partial charge in [0.05, 0.1) is 5.92 Å². The topological polar surface area (TPSA) is 55.2 Å². The van der Waals surface area contributed by atoms with Crippen LogP contribution in [-0.4, -0.2) is 32.7 Å². The number of carbonyl (C=O) groups excluding carboxylic acids is 1. The van der Waals surface area contributed by atoms with Crippen molar-refractivity contribution >= 4 is 17.7 Å². The Morgan fingerprint density at radius 3 is 2.83 bits per heavy atom. The van der Waals surface area contributed by atoms with Crippen molar-refractivity contribution in [2.75, 3.05) is 12.3 Å². The van der Waals surface area contributed by atoms with Gasteiger partial charge in [0.25, 0.3) is 5.56 Å². The van der Waals surface area contributed by atoms with Crippen LogP contribution in [0.1, 0.15) is 18.1 Å². The van der Waals surface area contributed by atoms with Crippen molar-refractivity contribution < 1.29 is 4.79 Å². The zero-order chi connectivity index (χ0) is 17.1. The van der Waals surface area contributed by atoms with Crippen LogP contribution >= 0.6 is 11.8 Å². The van der Waals surface area contributed by atoms with Crippen LogP contribution in [0.25, 0.3) is 0 Å². The summed E-state index contributed by atoms with van der Waals surface area (Å²) in [7, 11) is 0. The van der Waals surface area contributed by atoms with Crippen LogP contribution in [-0.2, 0) is 17.9 Å². The molecular formula is C18H21N3O2S. The van der Waals surface area contributed by atoms with E-state index in [2.05, 4.69) is 4.98 Å². The Kier molecular flexibility index (Phi) is 5.04. The fraction of sp³-hybridized carbons (Fsp3) is 0.389. The highest BCUT2D eigenvalue weighted by Crippen LogP contribution is 2.26. The Morgan fingerprint density at radius 1 is 1.38 bits per heavy atom. The largest absolute Gasteiger partial charge is 0.338 e. The molecule has 0 saturated heterocycles. The van der Waals surface area contributed by atoms with E-state index in [0.29, 0.717) is 36.1 Å². The van der Waals surface area contributed by atoms with Gasteiger partial charge < -0.3 is 4.90 Å². The predicted octanol–water partition coefficient (Wildman–Crippen LogP) is 2.32. The first kappa shape index (κ1) is 16.8. The second kappa shape index (κ2) is 7.21. The van der Waals surface area contributed by atoms with Crippen molar-refractivity contribution in [2.45, 2.75) is 32.1 Å². The van der Waals surface area contributed by atoms with Crippen LogP contribution in [0.15, 0.2) is 46.5 Å². The molecule has 3 rings (SSSR count). The van der Waals surface area contributed by atoms with E-state index in [1.54, 1.807) is 17.7 Å². The Balaban J connectivity index is 1.77. The lowest BCUT2D eigenvalue weighted by Gasteiger charge is -2.29. The number of aromatic nitrogens is 2. The molecular weight excluding hydrogens is 322 g/mol. The molecule has 1 unspecified atom stereocenters. The molecule has 24 heavy (non-hydrogen) atoms. The molecule has 0 aliphatic carbocycles. The maximum atomic E-state index is 12.9. The highest BCUT2D eigenvalue weighted by molar-refractivity contribution is 7.99. The van der Waals surface area contributed by atoms with Gasteiger partial charge in [0.2, 0.25) is 5.91 Å². The zero-order valence-electron chi connectivity index (χ0n) is 13.9. The minimum atomic E-state index is -0.188. The highest BCUT2D eigenvalue weighted by atomic mass is 32.2. The molecule has 0 fully saturated rings. The minimum Gasteiger partial charge on any atom is -0.338 e. The molecule has 1 aliphatic heterocycles. The first-order valence-corrected chi connectivity index (χ1v) is 9.10. The highest BCUT2D eigenvalue weighted by Gasteiger charge is 2.29. The van der Waals surface area contributed by atoms with Gasteiger partial charge >= 0.3 is 0 Å². The van der Waals surface area contributed by atoms with E-state index < -0.39 is 0 Å². The van der Waals surface area contributed by atoms with Gasteiger partial charge in [-0.15, -0.1) is 0 Å². The van der Waals surface area contributed by atoms with Gasteiger partial charge in [0.1, 0.15) is 0 Å². The van der Waals surface area contributed by atoms with E-state index in [0.717, 1.165) is 5.56 Å². The first-order chi connectivity index (χ1) is 11.6.